The molecule has 1 aliphatic rings. The summed E-state index contributed by atoms with van der Waals surface area (Å²) in [7, 11) is 0. The van der Waals surface area contributed by atoms with Crippen LogP contribution in [-0.2, 0) is 6.42 Å². The van der Waals surface area contributed by atoms with E-state index in [2.05, 4.69) is 10.3 Å². The number of pyridine rings is 1. The summed E-state index contributed by atoms with van der Waals surface area (Å²) in [5.74, 6) is 0. The highest BCUT2D eigenvalue weighted by atomic mass is 16.3. The van der Waals surface area contributed by atoms with E-state index in [1.54, 1.807) is 6.20 Å². The molecule has 0 spiro atoms. The van der Waals surface area contributed by atoms with Gasteiger partial charge in [-0.25, -0.2) is 0 Å². The van der Waals surface area contributed by atoms with Gasteiger partial charge in [-0.15, -0.1) is 0 Å². The van der Waals surface area contributed by atoms with Crippen molar-refractivity contribution in [2.75, 3.05) is 13.1 Å². The van der Waals surface area contributed by atoms with Gasteiger partial charge in [0, 0.05) is 31.4 Å². The van der Waals surface area contributed by atoms with Gasteiger partial charge < -0.3 is 10.4 Å². The Kier molecular flexibility index (Phi) is 2.91. The maximum absolute atomic E-state index is 9.40. The largest absolute Gasteiger partial charge is 0.388 e. The van der Waals surface area contributed by atoms with Gasteiger partial charge in [-0.1, -0.05) is 17.7 Å². The molecule has 3 nitrogen and oxygen atoms in total. The van der Waals surface area contributed by atoms with Gasteiger partial charge >= 0.3 is 0 Å². The summed E-state index contributed by atoms with van der Waals surface area (Å²) in [6.45, 7) is 1.51. The Bertz CT molecular complexity index is 321. The number of nitrogens with one attached hydrogen (secondary N) is 1. The fourth-order valence-corrected chi connectivity index (χ4v) is 1.63. The molecule has 1 aromatic heterocycles. The van der Waals surface area contributed by atoms with E-state index in [1.165, 1.54) is 5.57 Å². The Morgan fingerprint density at radius 2 is 2.43 bits per heavy atom. The molecule has 0 bridgehead atoms. The molecular weight excluding hydrogens is 176 g/mol. The Morgan fingerprint density at radius 3 is 3.14 bits per heavy atom. The summed E-state index contributed by atoms with van der Waals surface area (Å²) in [4.78, 5) is 4.25. The van der Waals surface area contributed by atoms with E-state index in [0.29, 0.717) is 6.54 Å². The Morgan fingerprint density at radius 1 is 1.50 bits per heavy atom. The van der Waals surface area contributed by atoms with Gasteiger partial charge in [0.2, 0.25) is 0 Å². The van der Waals surface area contributed by atoms with Crippen LogP contribution in [0.25, 0.3) is 0 Å². The van der Waals surface area contributed by atoms with E-state index in [9.17, 15) is 5.11 Å². The first-order valence-corrected chi connectivity index (χ1v) is 4.83. The molecule has 0 aliphatic carbocycles. The van der Waals surface area contributed by atoms with Crippen LogP contribution in [0, 0.1) is 0 Å². The number of hydrogen-bond acceptors (Lipinski definition) is 3. The third kappa shape index (κ3) is 2.40. The van der Waals surface area contributed by atoms with Crippen LogP contribution < -0.4 is 5.32 Å². The average Bonchev–Trinajstić information content (AvgIpc) is 2.19. The van der Waals surface area contributed by atoms with Gasteiger partial charge in [0.1, 0.15) is 0 Å². The van der Waals surface area contributed by atoms with Crippen molar-refractivity contribution in [2.45, 2.75) is 12.5 Å². The molecule has 0 fully saturated rings. The van der Waals surface area contributed by atoms with Gasteiger partial charge in [-0.05, 0) is 12.1 Å². The molecule has 2 N–H and O–H groups in total. The Labute approximate surface area is 83.5 Å². The smallest absolute Gasteiger partial charge is 0.0848 e. The molecule has 3 heteroatoms. The molecule has 0 saturated heterocycles. The number of aliphatic hydroxyl groups is 1. The molecule has 0 radical (unpaired) electrons. The van der Waals surface area contributed by atoms with Gasteiger partial charge in [0.15, 0.2) is 0 Å². The highest BCUT2D eigenvalue weighted by Gasteiger charge is 2.10. The topological polar surface area (TPSA) is 45.2 Å². The molecule has 0 saturated carbocycles. The van der Waals surface area contributed by atoms with E-state index >= 15 is 0 Å². The minimum absolute atomic E-state index is 0.345. The van der Waals surface area contributed by atoms with Crippen molar-refractivity contribution >= 4 is 0 Å². The first-order valence-electron chi connectivity index (χ1n) is 4.83. The summed E-state index contributed by atoms with van der Waals surface area (Å²) in [6, 6.07) is 5.89. The van der Waals surface area contributed by atoms with Crippen molar-refractivity contribution in [1.29, 1.82) is 0 Å². The van der Waals surface area contributed by atoms with Gasteiger partial charge in [0.25, 0.3) is 0 Å². The molecule has 1 aromatic rings. The van der Waals surface area contributed by atoms with E-state index in [4.69, 9.17) is 0 Å². The van der Waals surface area contributed by atoms with Crippen LogP contribution in [0.5, 0.6) is 0 Å². The van der Waals surface area contributed by atoms with Gasteiger partial charge in [0.05, 0.1) is 6.10 Å². The summed E-state index contributed by atoms with van der Waals surface area (Å²) in [5, 5.41) is 12.6. The maximum Gasteiger partial charge on any atom is 0.0848 e. The van der Waals surface area contributed by atoms with Crippen LogP contribution in [0.15, 0.2) is 36.0 Å². The highest BCUT2D eigenvalue weighted by Crippen LogP contribution is 2.08. The molecule has 74 valence electrons. The lowest BCUT2D eigenvalue weighted by molar-refractivity contribution is 0.212. The summed E-state index contributed by atoms with van der Waals surface area (Å²) < 4.78 is 0. The number of rotatable bonds is 2. The SMILES string of the molecule is OC1C=C(Cc2ccccn2)CNC1. The fourth-order valence-electron chi connectivity index (χ4n) is 1.63. The van der Waals surface area contributed by atoms with Crippen molar-refractivity contribution in [3.05, 3.63) is 41.7 Å². The van der Waals surface area contributed by atoms with E-state index in [0.717, 1.165) is 18.7 Å². The number of β-amino-alcohol motifs (C(OH)–C–C–N with tert-alkyl or cyclic N) is 1. The minimum Gasteiger partial charge on any atom is -0.388 e. The average molecular weight is 190 g/mol. The Balaban J connectivity index is 2.04. The second-order valence-corrected chi connectivity index (χ2v) is 3.52. The molecule has 2 rings (SSSR count). The predicted molar refractivity (Wildman–Crippen MR) is 54.9 cm³/mol. The highest BCUT2D eigenvalue weighted by molar-refractivity contribution is 5.19. The number of hydrogen-bond donors (Lipinski definition) is 2. The molecule has 1 unspecified atom stereocenters. The van der Waals surface area contributed by atoms with E-state index in [1.807, 2.05) is 24.3 Å². The first-order chi connectivity index (χ1) is 6.84. The predicted octanol–water partition coefficient (Wildman–Crippen LogP) is 0.515. The number of aliphatic hydroxyl groups excluding tert-OH is 1. The molecule has 0 amide bonds. The zero-order valence-electron chi connectivity index (χ0n) is 7.98. The lowest BCUT2D eigenvalue weighted by atomic mass is 10.0. The molecule has 14 heavy (non-hydrogen) atoms. The van der Waals surface area contributed by atoms with Crippen LogP contribution in [0.4, 0.5) is 0 Å². The van der Waals surface area contributed by atoms with Gasteiger partial charge in [-0.3, -0.25) is 4.98 Å². The Hall–Kier alpha value is -1.19. The van der Waals surface area contributed by atoms with Crippen molar-refractivity contribution < 1.29 is 5.11 Å². The standard InChI is InChI=1S/C11H14N2O/c14-11-6-9(7-12-8-11)5-10-3-1-2-4-13-10/h1-4,6,11-12,14H,5,7-8H2. The molecular formula is C11H14N2O. The molecule has 1 aliphatic heterocycles. The third-order valence-electron chi connectivity index (χ3n) is 2.27. The van der Waals surface area contributed by atoms with E-state index in [-0.39, 0.29) is 6.10 Å². The van der Waals surface area contributed by atoms with Crippen LogP contribution >= 0.6 is 0 Å². The van der Waals surface area contributed by atoms with Gasteiger partial charge in [-0.2, -0.15) is 0 Å². The number of nitrogens with zero attached hydrogens (tertiary/aromatic N) is 1. The minimum atomic E-state index is -0.345. The second-order valence-electron chi connectivity index (χ2n) is 3.52. The van der Waals surface area contributed by atoms with Crippen molar-refractivity contribution in [2.24, 2.45) is 0 Å². The quantitative estimate of drug-likeness (QED) is 0.668. The lowest BCUT2D eigenvalue weighted by Crippen LogP contribution is -2.32. The van der Waals surface area contributed by atoms with Crippen LogP contribution in [-0.4, -0.2) is 29.3 Å². The fraction of sp³-hybridized carbons (Fsp3) is 0.364. The summed E-state index contributed by atoms with van der Waals surface area (Å²) >= 11 is 0. The van der Waals surface area contributed by atoms with Crippen molar-refractivity contribution in [3.63, 3.8) is 0 Å². The third-order valence-corrected chi connectivity index (χ3v) is 2.27. The van der Waals surface area contributed by atoms with Crippen LogP contribution in [0.2, 0.25) is 0 Å². The molecule has 0 aromatic carbocycles. The normalized spacial score (nSPS) is 21.8. The first kappa shape index (κ1) is 9.37. The van der Waals surface area contributed by atoms with E-state index < -0.39 is 0 Å². The molecule has 1 atom stereocenters. The van der Waals surface area contributed by atoms with Crippen LogP contribution in [0.1, 0.15) is 5.69 Å². The zero-order valence-corrected chi connectivity index (χ0v) is 7.98. The monoisotopic (exact) mass is 190 g/mol. The van der Waals surface area contributed by atoms with Crippen molar-refractivity contribution in [3.8, 4) is 0 Å². The van der Waals surface area contributed by atoms with Crippen LogP contribution in [0.3, 0.4) is 0 Å². The summed E-state index contributed by atoms with van der Waals surface area (Å²) in [5.41, 5.74) is 2.26. The summed E-state index contributed by atoms with van der Waals surface area (Å²) in [6.07, 6.45) is 4.20. The maximum atomic E-state index is 9.40. The lowest BCUT2D eigenvalue weighted by Gasteiger charge is -2.18. The van der Waals surface area contributed by atoms with Crippen molar-refractivity contribution in [1.82, 2.24) is 10.3 Å². The second kappa shape index (κ2) is 4.35. The number of aromatic nitrogens is 1. The molecule has 2 heterocycles. The zero-order chi connectivity index (χ0) is 9.80.